The minimum atomic E-state index is -0.620. The van der Waals surface area contributed by atoms with Crippen molar-refractivity contribution in [1.29, 1.82) is 5.26 Å². The molecule has 0 aliphatic rings. The Morgan fingerprint density at radius 1 is 1.35 bits per heavy atom. The number of pyridine rings is 1. The summed E-state index contributed by atoms with van der Waals surface area (Å²) in [4.78, 5) is 16.0. The van der Waals surface area contributed by atoms with Crippen LogP contribution in [-0.4, -0.2) is 17.9 Å². The molecular weight excluding hydrogens is 259 g/mol. The van der Waals surface area contributed by atoms with E-state index in [-0.39, 0.29) is 11.5 Å². The summed E-state index contributed by atoms with van der Waals surface area (Å²) in [5.41, 5.74) is 0.601. The van der Waals surface area contributed by atoms with E-state index < -0.39 is 5.82 Å². The number of benzene rings is 1. The molecule has 0 bridgehead atoms. The molecule has 100 valence electrons. The van der Waals surface area contributed by atoms with Crippen molar-refractivity contribution in [3.05, 3.63) is 53.5 Å². The third-order valence-corrected chi connectivity index (χ3v) is 2.63. The Hall–Kier alpha value is -2.94. The van der Waals surface area contributed by atoms with Crippen molar-refractivity contribution in [2.24, 2.45) is 0 Å². The molecule has 0 unspecified atom stereocenters. The first-order valence-electron chi connectivity index (χ1n) is 5.79. The molecule has 1 amide bonds. The number of rotatable bonds is 3. The highest BCUT2D eigenvalue weighted by molar-refractivity contribution is 6.04. The van der Waals surface area contributed by atoms with Crippen LogP contribution >= 0.6 is 0 Å². The van der Waals surface area contributed by atoms with Gasteiger partial charge in [-0.05, 0) is 30.3 Å². The molecule has 5 nitrogen and oxygen atoms in total. The van der Waals surface area contributed by atoms with Gasteiger partial charge in [0.05, 0.1) is 11.1 Å². The van der Waals surface area contributed by atoms with Crippen molar-refractivity contribution >= 4 is 17.4 Å². The quantitative estimate of drug-likeness (QED) is 0.897. The summed E-state index contributed by atoms with van der Waals surface area (Å²) in [5, 5.41) is 14.2. The average Bonchev–Trinajstić information content (AvgIpc) is 2.49. The van der Waals surface area contributed by atoms with E-state index in [1.165, 1.54) is 18.3 Å². The molecule has 20 heavy (non-hydrogen) atoms. The van der Waals surface area contributed by atoms with Gasteiger partial charge in [0.15, 0.2) is 0 Å². The molecule has 0 aliphatic carbocycles. The standard InChI is InChI=1S/C14H11FN4O/c1-17-13-5-2-9(8-18-13)14(20)19-11-3-4-12(15)10(6-11)7-16/h2-6,8H,1H3,(H,17,18)(H,19,20). The molecule has 0 saturated carbocycles. The number of carbonyl (C=O) groups excluding carboxylic acids is 1. The normalized spacial score (nSPS) is 9.65. The number of nitrogens with zero attached hydrogens (tertiary/aromatic N) is 2. The van der Waals surface area contributed by atoms with Crippen molar-refractivity contribution in [3.8, 4) is 6.07 Å². The van der Waals surface area contributed by atoms with Gasteiger partial charge in [-0.2, -0.15) is 5.26 Å². The Labute approximate surface area is 115 Å². The molecule has 1 aromatic heterocycles. The number of anilines is 2. The molecule has 0 aliphatic heterocycles. The zero-order valence-corrected chi connectivity index (χ0v) is 10.6. The lowest BCUT2D eigenvalue weighted by Crippen LogP contribution is -2.12. The summed E-state index contributed by atoms with van der Waals surface area (Å²) in [5.74, 6) is -0.351. The molecular formula is C14H11FN4O. The minimum Gasteiger partial charge on any atom is -0.373 e. The molecule has 0 atom stereocenters. The first kappa shape index (κ1) is 13.5. The number of hydrogen-bond donors (Lipinski definition) is 2. The molecule has 6 heteroatoms. The summed E-state index contributed by atoms with van der Waals surface area (Å²) >= 11 is 0. The monoisotopic (exact) mass is 270 g/mol. The third kappa shape index (κ3) is 2.90. The molecule has 1 aromatic carbocycles. The minimum absolute atomic E-state index is 0.119. The number of nitrogens with one attached hydrogen (secondary N) is 2. The largest absolute Gasteiger partial charge is 0.373 e. The van der Waals surface area contributed by atoms with Crippen LogP contribution in [0.4, 0.5) is 15.9 Å². The maximum absolute atomic E-state index is 13.2. The van der Waals surface area contributed by atoms with Gasteiger partial charge >= 0.3 is 0 Å². The van der Waals surface area contributed by atoms with Crippen molar-refractivity contribution in [3.63, 3.8) is 0 Å². The number of hydrogen-bond acceptors (Lipinski definition) is 4. The maximum Gasteiger partial charge on any atom is 0.257 e. The van der Waals surface area contributed by atoms with Crippen LogP contribution in [-0.2, 0) is 0 Å². The lowest BCUT2D eigenvalue weighted by molar-refractivity contribution is 0.102. The second kappa shape index (κ2) is 5.80. The molecule has 0 fully saturated rings. The summed E-state index contributed by atoms with van der Waals surface area (Å²) in [6, 6.07) is 8.81. The summed E-state index contributed by atoms with van der Waals surface area (Å²) in [6.45, 7) is 0. The highest BCUT2D eigenvalue weighted by Crippen LogP contribution is 2.15. The van der Waals surface area contributed by atoms with Gasteiger partial charge in [0.2, 0.25) is 0 Å². The van der Waals surface area contributed by atoms with Crippen LogP contribution in [0.3, 0.4) is 0 Å². The summed E-state index contributed by atoms with van der Waals surface area (Å²) < 4.78 is 13.2. The fourth-order valence-electron chi connectivity index (χ4n) is 1.57. The van der Waals surface area contributed by atoms with Gasteiger partial charge in [0.25, 0.3) is 5.91 Å². The van der Waals surface area contributed by atoms with Crippen molar-refractivity contribution < 1.29 is 9.18 Å². The Morgan fingerprint density at radius 3 is 2.75 bits per heavy atom. The zero-order chi connectivity index (χ0) is 14.5. The van der Waals surface area contributed by atoms with Gasteiger partial charge in [-0.1, -0.05) is 0 Å². The topological polar surface area (TPSA) is 77.8 Å². The first-order valence-corrected chi connectivity index (χ1v) is 5.79. The van der Waals surface area contributed by atoms with Crippen LogP contribution in [0.25, 0.3) is 0 Å². The SMILES string of the molecule is CNc1ccc(C(=O)Nc2ccc(F)c(C#N)c2)cn1. The second-order valence-corrected chi connectivity index (χ2v) is 3.94. The van der Waals surface area contributed by atoms with E-state index in [9.17, 15) is 9.18 Å². The molecule has 1 heterocycles. The smallest absolute Gasteiger partial charge is 0.257 e. The van der Waals surface area contributed by atoms with E-state index in [0.29, 0.717) is 17.1 Å². The Morgan fingerprint density at radius 2 is 2.15 bits per heavy atom. The molecule has 2 aromatic rings. The fourth-order valence-corrected chi connectivity index (χ4v) is 1.57. The van der Waals surface area contributed by atoms with E-state index in [2.05, 4.69) is 15.6 Å². The number of nitriles is 1. The highest BCUT2D eigenvalue weighted by atomic mass is 19.1. The van der Waals surface area contributed by atoms with E-state index in [0.717, 1.165) is 6.07 Å². The van der Waals surface area contributed by atoms with Gasteiger partial charge in [0, 0.05) is 18.9 Å². The Balaban J connectivity index is 2.17. The van der Waals surface area contributed by atoms with Gasteiger partial charge < -0.3 is 10.6 Å². The second-order valence-electron chi connectivity index (χ2n) is 3.94. The van der Waals surface area contributed by atoms with E-state index in [1.807, 2.05) is 0 Å². The van der Waals surface area contributed by atoms with Crippen LogP contribution in [0.1, 0.15) is 15.9 Å². The van der Waals surface area contributed by atoms with E-state index in [4.69, 9.17) is 5.26 Å². The zero-order valence-electron chi connectivity index (χ0n) is 10.6. The lowest BCUT2D eigenvalue weighted by Gasteiger charge is -2.06. The molecule has 0 radical (unpaired) electrons. The van der Waals surface area contributed by atoms with Crippen LogP contribution in [0.2, 0.25) is 0 Å². The lowest BCUT2D eigenvalue weighted by atomic mass is 10.2. The van der Waals surface area contributed by atoms with Gasteiger partial charge in [-0.15, -0.1) is 0 Å². The predicted molar refractivity (Wildman–Crippen MR) is 72.9 cm³/mol. The van der Waals surface area contributed by atoms with Crippen LogP contribution in [0.15, 0.2) is 36.5 Å². The van der Waals surface area contributed by atoms with Crippen LogP contribution < -0.4 is 10.6 Å². The molecule has 0 spiro atoms. The van der Waals surface area contributed by atoms with Gasteiger partial charge in [0.1, 0.15) is 17.7 Å². The van der Waals surface area contributed by atoms with Crippen LogP contribution in [0.5, 0.6) is 0 Å². The van der Waals surface area contributed by atoms with Crippen molar-refractivity contribution in [2.45, 2.75) is 0 Å². The maximum atomic E-state index is 13.2. The van der Waals surface area contributed by atoms with E-state index >= 15 is 0 Å². The number of aromatic nitrogens is 1. The molecule has 0 saturated heterocycles. The molecule has 2 rings (SSSR count). The summed E-state index contributed by atoms with van der Waals surface area (Å²) in [6.07, 6.45) is 1.43. The third-order valence-electron chi connectivity index (χ3n) is 2.63. The Bertz CT molecular complexity index is 677. The highest BCUT2D eigenvalue weighted by Gasteiger charge is 2.08. The number of halogens is 1. The van der Waals surface area contributed by atoms with Gasteiger partial charge in [-0.25, -0.2) is 9.37 Å². The molecule has 2 N–H and O–H groups in total. The van der Waals surface area contributed by atoms with Crippen molar-refractivity contribution in [1.82, 2.24) is 4.98 Å². The van der Waals surface area contributed by atoms with Crippen molar-refractivity contribution in [2.75, 3.05) is 17.7 Å². The number of amides is 1. The van der Waals surface area contributed by atoms with Crippen LogP contribution in [0, 0.1) is 17.1 Å². The summed E-state index contributed by atoms with van der Waals surface area (Å²) in [7, 11) is 1.73. The van der Waals surface area contributed by atoms with Gasteiger partial charge in [-0.3, -0.25) is 4.79 Å². The predicted octanol–water partition coefficient (Wildman–Crippen LogP) is 2.39. The first-order chi connectivity index (χ1) is 9.63. The fraction of sp³-hybridized carbons (Fsp3) is 0.0714. The number of carbonyl (C=O) groups is 1. The Kier molecular flexibility index (Phi) is 3.91. The van der Waals surface area contributed by atoms with E-state index in [1.54, 1.807) is 25.2 Å². The average molecular weight is 270 g/mol.